The molecule has 0 spiro atoms. The van der Waals surface area contributed by atoms with E-state index < -0.39 is 66.3 Å². The van der Waals surface area contributed by atoms with Crippen molar-refractivity contribution >= 4 is 29.8 Å². The average Bonchev–Trinajstić information content (AvgIpc) is 3.48. The number of benzene rings is 3. The molecular weight excluding hydrogens is 614 g/mol. The fourth-order valence-electron chi connectivity index (χ4n) is 5.39. The summed E-state index contributed by atoms with van der Waals surface area (Å²) in [5, 5.41) is 29.5. The quantitative estimate of drug-likeness (QED) is 0.160. The lowest BCUT2D eigenvalue weighted by molar-refractivity contribution is -0.224. The van der Waals surface area contributed by atoms with Gasteiger partial charge in [0.25, 0.3) is 5.91 Å². The van der Waals surface area contributed by atoms with E-state index in [1.807, 2.05) is 48.5 Å². The van der Waals surface area contributed by atoms with Crippen LogP contribution in [0.1, 0.15) is 37.3 Å². The fourth-order valence-corrected chi connectivity index (χ4v) is 5.39. The molecule has 4 rings (SSSR count). The van der Waals surface area contributed by atoms with Crippen LogP contribution >= 0.6 is 0 Å². The first-order valence-corrected chi connectivity index (χ1v) is 14.8. The van der Waals surface area contributed by atoms with Crippen molar-refractivity contribution in [1.29, 1.82) is 0 Å². The Labute approximate surface area is 270 Å². The lowest BCUT2D eigenvalue weighted by Gasteiger charge is -2.36. The minimum absolute atomic E-state index is 0.294. The van der Waals surface area contributed by atoms with Crippen molar-refractivity contribution in [2.24, 2.45) is 0 Å². The molecule has 3 aromatic carbocycles. The Bertz CT molecular complexity index is 1560. The number of ether oxygens (including phenoxy) is 4. The summed E-state index contributed by atoms with van der Waals surface area (Å²) < 4.78 is 21.0. The lowest BCUT2D eigenvalue weighted by Crippen LogP contribution is -2.53. The third kappa shape index (κ3) is 8.12. The summed E-state index contributed by atoms with van der Waals surface area (Å²) in [5.41, 5.74) is 1.71. The number of rotatable bonds is 15. The highest BCUT2D eigenvalue weighted by Gasteiger charge is 2.65. The van der Waals surface area contributed by atoms with E-state index in [9.17, 15) is 39.3 Å². The molecule has 1 fully saturated rings. The van der Waals surface area contributed by atoms with E-state index in [2.05, 4.69) is 0 Å². The van der Waals surface area contributed by atoms with Crippen LogP contribution in [0.25, 0.3) is 0 Å². The van der Waals surface area contributed by atoms with Crippen LogP contribution < -0.4 is 4.74 Å². The number of esters is 1. The third-order valence-corrected chi connectivity index (χ3v) is 7.71. The monoisotopic (exact) mass is 649 g/mol. The number of aliphatic carboxylic acids is 3. The molecule has 47 heavy (non-hydrogen) atoms. The standard InChI is InChI=1S/C34H35NO12/c1-3-44-33(43)34(32(41)42)46-28(29(47-34)31(39)40)30(38)35(20-27(36)37)21(2)26(19-14-22-10-6-4-7-11-22)23-15-17-25(18-16-23)45-24-12-8-5-9-13-24/h4-13,15-18,21,26,28-29H,3,14,19-20H2,1-2H3,(H,36,37)(H,39,40)(H,41,42)/t21-,26+,28+,29+,34?/m1/s1. The number of nitrogens with zero attached hydrogens (tertiary/aromatic N) is 1. The van der Waals surface area contributed by atoms with E-state index in [0.29, 0.717) is 24.3 Å². The molecule has 0 radical (unpaired) electrons. The van der Waals surface area contributed by atoms with Crippen molar-refractivity contribution in [3.8, 4) is 11.5 Å². The summed E-state index contributed by atoms with van der Waals surface area (Å²) >= 11 is 0. The van der Waals surface area contributed by atoms with E-state index in [-0.39, 0.29) is 6.61 Å². The van der Waals surface area contributed by atoms with Gasteiger partial charge < -0.3 is 39.2 Å². The topological polar surface area (TPSA) is 186 Å². The van der Waals surface area contributed by atoms with Gasteiger partial charge in [0.05, 0.1) is 6.61 Å². The molecule has 1 aliphatic heterocycles. The van der Waals surface area contributed by atoms with Crippen molar-refractivity contribution in [3.63, 3.8) is 0 Å². The fraction of sp³-hybridized carbons (Fsp3) is 0.324. The number of para-hydroxylation sites is 1. The van der Waals surface area contributed by atoms with Gasteiger partial charge in [-0.3, -0.25) is 9.59 Å². The highest BCUT2D eigenvalue weighted by molar-refractivity contribution is 6.03. The smallest absolute Gasteiger partial charge is 0.379 e. The SMILES string of the molecule is CCOC(=O)C1(C(=O)O)O[C@H](C(=O)O)[C@@H](C(=O)N(CC(=O)O)[C@H](C)[C@H](CCc2ccccc2)c2ccc(Oc3ccccc3)cc2)O1. The van der Waals surface area contributed by atoms with Gasteiger partial charge in [-0.1, -0.05) is 60.7 Å². The van der Waals surface area contributed by atoms with Crippen LogP contribution in [0.15, 0.2) is 84.9 Å². The Morgan fingerprint density at radius 3 is 1.96 bits per heavy atom. The molecule has 1 aliphatic rings. The van der Waals surface area contributed by atoms with Gasteiger partial charge in [-0.2, -0.15) is 0 Å². The molecule has 0 aromatic heterocycles. The van der Waals surface area contributed by atoms with Gasteiger partial charge in [-0.05, 0) is 62.1 Å². The maximum Gasteiger partial charge on any atom is 0.379 e. The molecule has 3 aromatic rings. The van der Waals surface area contributed by atoms with Gasteiger partial charge in [-0.15, -0.1) is 0 Å². The first-order chi connectivity index (χ1) is 22.5. The van der Waals surface area contributed by atoms with E-state index >= 15 is 0 Å². The summed E-state index contributed by atoms with van der Waals surface area (Å²) in [7, 11) is 0. The molecule has 0 aliphatic carbocycles. The van der Waals surface area contributed by atoms with Crippen molar-refractivity contribution in [3.05, 3.63) is 96.1 Å². The minimum Gasteiger partial charge on any atom is -0.480 e. The van der Waals surface area contributed by atoms with Crippen molar-refractivity contribution in [2.75, 3.05) is 13.2 Å². The molecular formula is C34H35NO12. The average molecular weight is 650 g/mol. The van der Waals surface area contributed by atoms with Crippen LogP contribution in [-0.2, 0) is 44.6 Å². The van der Waals surface area contributed by atoms with Gasteiger partial charge in [0.2, 0.25) is 0 Å². The zero-order chi connectivity index (χ0) is 34.1. The second kappa shape index (κ2) is 15.3. The van der Waals surface area contributed by atoms with E-state index in [1.54, 1.807) is 43.3 Å². The molecule has 248 valence electrons. The Hall–Kier alpha value is -5.27. The van der Waals surface area contributed by atoms with Gasteiger partial charge in [0.15, 0.2) is 12.2 Å². The number of hydrogen-bond donors (Lipinski definition) is 3. The molecule has 3 N–H and O–H groups in total. The van der Waals surface area contributed by atoms with E-state index in [4.69, 9.17) is 18.9 Å². The molecule has 1 amide bonds. The van der Waals surface area contributed by atoms with Crippen molar-refractivity contribution < 1.29 is 58.2 Å². The lowest BCUT2D eigenvalue weighted by atomic mass is 9.85. The number of amides is 1. The van der Waals surface area contributed by atoms with Gasteiger partial charge in [-0.25, -0.2) is 14.4 Å². The van der Waals surface area contributed by atoms with E-state index in [1.165, 1.54) is 6.92 Å². The largest absolute Gasteiger partial charge is 0.480 e. The molecule has 13 heteroatoms. The predicted molar refractivity (Wildman–Crippen MR) is 164 cm³/mol. The normalized spacial score (nSPS) is 20.0. The minimum atomic E-state index is -3.25. The second-order valence-electron chi connectivity index (χ2n) is 10.8. The van der Waals surface area contributed by atoms with Gasteiger partial charge in [0.1, 0.15) is 18.0 Å². The third-order valence-electron chi connectivity index (χ3n) is 7.71. The molecule has 5 atom stereocenters. The molecule has 0 saturated carbocycles. The maximum absolute atomic E-state index is 14.0. The molecule has 13 nitrogen and oxygen atoms in total. The van der Waals surface area contributed by atoms with Crippen LogP contribution in [0.3, 0.4) is 0 Å². The Morgan fingerprint density at radius 1 is 0.830 bits per heavy atom. The van der Waals surface area contributed by atoms with Crippen molar-refractivity contribution in [1.82, 2.24) is 4.90 Å². The summed E-state index contributed by atoms with van der Waals surface area (Å²) in [4.78, 5) is 63.9. The number of carbonyl (C=O) groups excluding carboxylic acids is 2. The predicted octanol–water partition coefficient (Wildman–Crippen LogP) is 3.71. The number of carbonyl (C=O) groups is 5. The van der Waals surface area contributed by atoms with Crippen molar-refractivity contribution in [2.45, 2.75) is 56.6 Å². The van der Waals surface area contributed by atoms with Gasteiger partial charge >= 0.3 is 29.7 Å². The highest BCUT2D eigenvalue weighted by Crippen LogP contribution is 2.35. The van der Waals surface area contributed by atoms with Crippen LogP contribution in [0, 0.1) is 0 Å². The number of hydrogen-bond acceptors (Lipinski definition) is 9. The van der Waals surface area contributed by atoms with Crippen LogP contribution in [0.4, 0.5) is 0 Å². The molecule has 1 heterocycles. The summed E-state index contributed by atoms with van der Waals surface area (Å²) in [5.74, 6) is -10.6. The Balaban J connectivity index is 1.69. The maximum atomic E-state index is 14.0. The van der Waals surface area contributed by atoms with Crippen LogP contribution in [0.2, 0.25) is 0 Å². The molecule has 0 bridgehead atoms. The summed E-state index contributed by atoms with van der Waals surface area (Å²) in [6, 6.07) is 24.8. The van der Waals surface area contributed by atoms with Crippen LogP contribution in [-0.4, -0.2) is 87.2 Å². The number of carboxylic acids is 3. The zero-order valence-corrected chi connectivity index (χ0v) is 25.7. The van der Waals surface area contributed by atoms with Gasteiger partial charge in [0, 0.05) is 12.0 Å². The number of carboxylic acid groups (broad SMARTS) is 3. The summed E-state index contributed by atoms with van der Waals surface area (Å²) in [6.45, 7) is 1.80. The molecule has 1 unspecified atom stereocenters. The van der Waals surface area contributed by atoms with E-state index in [0.717, 1.165) is 16.0 Å². The second-order valence-corrected chi connectivity index (χ2v) is 10.8. The first-order valence-electron chi connectivity index (χ1n) is 14.8. The Kier molecular flexibility index (Phi) is 11.3. The van der Waals surface area contributed by atoms with Crippen LogP contribution in [0.5, 0.6) is 11.5 Å². The first kappa shape index (κ1) is 34.6. The molecule has 1 saturated heterocycles. The number of aryl methyl sites for hydroxylation is 1. The zero-order valence-electron chi connectivity index (χ0n) is 25.7. The highest BCUT2D eigenvalue weighted by atomic mass is 16.8. The Morgan fingerprint density at radius 2 is 1.40 bits per heavy atom. The summed E-state index contributed by atoms with van der Waals surface area (Å²) in [6.07, 6.45) is -3.48.